The van der Waals surface area contributed by atoms with Crippen LogP contribution in [0.5, 0.6) is 5.75 Å². The van der Waals surface area contributed by atoms with E-state index in [4.69, 9.17) is 4.74 Å². The van der Waals surface area contributed by atoms with E-state index in [2.05, 4.69) is 4.98 Å². The van der Waals surface area contributed by atoms with Gasteiger partial charge in [0.25, 0.3) is 5.24 Å². The van der Waals surface area contributed by atoms with Gasteiger partial charge in [0.2, 0.25) is 0 Å². The van der Waals surface area contributed by atoms with E-state index in [0.29, 0.717) is 6.61 Å². The van der Waals surface area contributed by atoms with Crippen LogP contribution in [0.3, 0.4) is 0 Å². The first kappa shape index (κ1) is 18.3. The quantitative estimate of drug-likeness (QED) is 0.575. The molecule has 0 fully saturated rings. The number of aromatic nitrogens is 2. The molecule has 0 aliphatic rings. The van der Waals surface area contributed by atoms with Crippen molar-refractivity contribution < 1.29 is 9.53 Å². The number of benzene rings is 2. The Morgan fingerprint density at radius 1 is 1.12 bits per heavy atom. The highest BCUT2D eigenvalue weighted by molar-refractivity contribution is 8.13. The standard InChI is InChI=1S/C20H23N3O2S/c1-4-22(5-2)20(24)26-17-11-12-19-18(13-17)21-14-23(19)15-7-9-16(10-8-15)25-6-3/h7-14H,4-6H2,1-3H3. The molecule has 0 unspecified atom stereocenters. The van der Waals surface area contributed by atoms with E-state index >= 15 is 0 Å². The zero-order valence-electron chi connectivity index (χ0n) is 15.3. The number of nitrogens with zero attached hydrogens (tertiary/aromatic N) is 3. The molecule has 6 heteroatoms. The summed E-state index contributed by atoms with van der Waals surface area (Å²) in [5, 5.41) is 0.0697. The second kappa shape index (κ2) is 8.27. The number of rotatable bonds is 6. The average molecular weight is 369 g/mol. The smallest absolute Gasteiger partial charge is 0.286 e. The van der Waals surface area contributed by atoms with Crippen LogP contribution in [0.25, 0.3) is 16.7 Å². The Hall–Kier alpha value is -2.47. The van der Waals surface area contributed by atoms with Crippen LogP contribution in [0, 0.1) is 0 Å². The molecule has 0 saturated carbocycles. The molecule has 26 heavy (non-hydrogen) atoms. The fraction of sp³-hybridized carbons (Fsp3) is 0.300. The van der Waals surface area contributed by atoms with E-state index in [1.165, 1.54) is 11.8 Å². The predicted octanol–water partition coefficient (Wildman–Crippen LogP) is 4.98. The van der Waals surface area contributed by atoms with Crippen LogP contribution in [0.2, 0.25) is 0 Å². The lowest BCUT2D eigenvalue weighted by atomic mass is 10.2. The van der Waals surface area contributed by atoms with Crippen LogP contribution in [0.15, 0.2) is 53.7 Å². The number of carbonyl (C=O) groups is 1. The van der Waals surface area contributed by atoms with Crippen LogP contribution in [-0.2, 0) is 0 Å². The molecule has 0 radical (unpaired) electrons. The summed E-state index contributed by atoms with van der Waals surface area (Å²) < 4.78 is 7.53. The van der Waals surface area contributed by atoms with E-state index in [9.17, 15) is 4.79 Å². The topological polar surface area (TPSA) is 47.4 Å². The fourth-order valence-electron chi connectivity index (χ4n) is 2.78. The van der Waals surface area contributed by atoms with E-state index in [1.54, 1.807) is 6.33 Å². The summed E-state index contributed by atoms with van der Waals surface area (Å²) in [6.45, 7) is 8.04. The van der Waals surface area contributed by atoms with Crippen molar-refractivity contribution in [1.82, 2.24) is 14.5 Å². The molecule has 0 aliphatic carbocycles. The van der Waals surface area contributed by atoms with Crippen LogP contribution in [0.1, 0.15) is 20.8 Å². The molecule has 1 heterocycles. The van der Waals surface area contributed by atoms with Gasteiger partial charge < -0.3 is 9.64 Å². The number of thioether (sulfide) groups is 1. The Morgan fingerprint density at radius 3 is 2.50 bits per heavy atom. The van der Waals surface area contributed by atoms with E-state index in [0.717, 1.165) is 40.5 Å². The Bertz CT molecular complexity index is 886. The Labute approximate surface area is 158 Å². The van der Waals surface area contributed by atoms with E-state index in [1.807, 2.05) is 72.7 Å². The summed E-state index contributed by atoms with van der Waals surface area (Å²) in [7, 11) is 0. The number of imidazole rings is 1. The third-order valence-electron chi connectivity index (χ3n) is 4.17. The van der Waals surface area contributed by atoms with Gasteiger partial charge >= 0.3 is 0 Å². The first-order chi connectivity index (χ1) is 12.7. The van der Waals surface area contributed by atoms with Crippen LogP contribution in [0.4, 0.5) is 4.79 Å². The second-order valence-electron chi connectivity index (χ2n) is 5.73. The number of fused-ring (bicyclic) bond motifs is 1. The summed E-state index contributed by atoms with van der Waals surface area (Å²) in [6.07, 6.45) is 1.81. The Balaban J connectivity index is 1.84. The molecule has 0 aliphatic heterocycles. The number of carbonyl (C=O) groups excluding carboxylic acids is 1. The highest BCUT2D eigenvalue weighted by Crippen LogP contribution is 2.27. The molecule has 0 spiro atoms. The molecule has 1 amide bonds. The minimum Gasteiger partial charge on any atom is -0.494 e. The van der Waals surface area contributed by atoms with Gasteiger partial charge in [0.15, 0.2) is 0 Å². The minimum absolute atomic E-state index is 0.0697. The van der Waals surface area contributed by atoms with Gasteiger partial charge in [-0.15, -0.1) is 0 Å². The van der Waals surface area contributed by atoms with Crippen molar-refractivity contribution in [1.29, 1.82) is 0 Å². The van der Waals surface area contributed by atoms with Gasteiger partial charge in [0.05, 0.1) is 17.6 Å². The van der Waals surface area contributed by atoms with Crippen molar-refractivity contribution in [2.45, 2.75) is 25.7 Å². The van der Waals surface area contributed by atoms with Crippen LogP contribution >= 0.6 is 11.8 Å². The molecule has 5 nitrogen and oxygen atoms in total. The molecule has 3 rings (SSSR count). The fourth-order valence-corrected chi connectivity index (χ4v) is 3.67. The summed E-state index contributed by atoms with van der Waals surface area (Å²) in [4.78, 5) is 19.5. The lowest BCUT2D eigenvalue weighted by molar-refractivity contribution is 0.228. The third-order valence-corrected chi connectivity index (χ3v) is 5.09. The zero-order chi connectivity index (χ0) is 18.5. The van der Waals surface area contributed by atoms with Gasteiger partial charge in [0.1, 0.15) is 12.1 Å². The van der Waals surface area contributed by atoms with Gasteiger partial charge in [-0.2, -0.15) is 0 Å². The maximum Gasteiger partial charge on any atom is 0.286 e. The molecule has 2 aromatic carbocycles. The van der Waals surface area contributed by atoms with Gasteiger partial charge in [-0.3, -0.25) is 9.36 Å². The molecule has 1 aromatic heterocycles. The molecule has 0 saturated heterocycles. The monoisotopic (exact) mass is 369 g/mol. The highest BCUT2D eigenvalue weighted by Gasteiger charge is 2.13. The summed E-state index contributed by atoms with van der Waals surface area (Å²) in [5.41, 5.74) is 2.90. The van der Waals surface area contributed by atoms with Crippen molar-refractivity contribution in [2.75, 3.05) is 19.7 Å². The Kier molecular flexibility index (Phi) is 5.83. The predicted molar refractivity (Wildman–Crippen MR) is 106 cm³/mol. The largest absolute Gasteiger partial charge is 0.494 e. The number of amides is 1. The third kappa shape index (κ3) is 3.85. The lowest BCUT2D eigenvalue weighted by Gasteiger charge is -2.17. The van der Waals surface area contributed by atoms with Crippen molar-refractivity contribution in [3.8, 4) is 11.4 Å². The van der Waals surface area contributed by atoms with Crippen LogP contribution in [-0.4, -0.2) is 39.4 Å². The lowest BCUT2D eigenvalue weighted by Crippen LogP contribution is -2.26. The summed E-state index contributed by atoms with van der Waals surface area (Å²) in [5.74, 6) is 0.856. The minimum atomic E-state index is 0.0697. The number of hydrogen-bond acceptors (Lipinski definition) is 4. The first-order valence-corrected chi connectivity index (χ1v) is 9.65. The molecule has 0 bridgehead atoms. The van der Waals surface area contributed by atoms with E-state index in [-0.39, 0.29) is 5.24 Å². The summed E-state index contributed by atoms with van der Waals surface area (Å²) >= 11 is 1.25. The molecule has 0 N–H and O–H groups in total. The van der Waals surface area contributed by atoms with Crippen LogP contribution < -0.4 is 4.74 Å². The molecular formula is C20H23N3O2S. The molecule has 0 atom stereocenters. The SMILES string of the molecule is CCOc1ccc(-n2cnc3cc(SC(=O)N(CC)CC)ccc32)cc1. The normalized spacial score (nSPS) is 10.9. The van der Waals surface area contributed by atoms with Gasteiger partial charge in [-0.25, -0.2) is 4.98 Å². The number of ether oxygens (including phenoxy) is 1. The highest BCUT2D eigenvalue weighted by atomic mass is 32.2. The average Bonchev–Trinajstić information content (AvgIpc) is 3.07. The zero-order valence-corrected chi connectivity index (χ0v) is 16.1. The maximum absolute atomic E-state index is 12.3. The van der Waals surface area contributed by atoms with Gasteiger partial charge in [-0.1, -0.05) is 0 Å². The Morgan fingerprint density at radius 2 is 1.85 bits per heavy atom. The number of hydrogen-bond donors (Lipinski definition) is 0. The van der Waals surface area contributed by atoms with E-state index < -0.39 is 0 Å². The van der Waals surface area contributed by atoms with Gasteiger partial charge in [0, 0.05) is 23.7 Å². The van der Waals surface area contributed by atoms with Crippen molar-refractivity contribution in [3.63, 3.8) is 0 Å². The van der Waals surface area contributed by atoms with Crippen molar-refractivity contribution in [3.05, 3.63) is 48.8 Å². The maximum atomic E-state index is 12.3. The van der Waals surface area contributed by atoms with Crippen molar-refractivity contribution >= 4 is 28.0 Å². The van der Waals surface area contributed by atoms with Crippen molar-refractivity contribution in [2.24, 2.45) is 0 Å². The first-order valence-electron chi connectivity index (χ1n) is 8.83. The molecule has 3 aromatic rings. The molecule has 136 valence electrons. The molecular weight excluding hydrogens is 346 g/mol. The van der Waals surface area contributed by atoms with Gasteiger partial charge in [-0.05, 0) is 75.0 Å². The second-order valence-corrected chi connectivity index (χ2v) is 6.76. The summed E-state index contributed by atoms with van der Waals surface area (Å²) in [6, 6.07) is 13.9.